The molecule has 1 aliphatic rings. The van der Waals surface area contributed by atoms with Crippen LogP contribution in [0.2, 0.25) is 0 Å². The number of amides is 1. The van der Waals surface area contributed by atoms with Crippen LogP contribution in [0.1, 0.15) is 34.5 Å². The zero-order chi connectivity index (χ0) is 23.5. The Balaban J connectivity index is 1.50. The van der Waals surface area contributed by atoms with E-state index in [0.29, 0.717) is 29.6 Å². The van der Waals surface area contributed by atoms with Gasteiger partial charge in [0.1, 0.15) is 5.75 Å². The summed E-state index contributed by atoms with van der Waals surface area (Å²) < 4.78 is 6.78. The zero-order valence-electron chi connectivity index (χ0n) is 19.2. The lowest BCUT2D eigenvalue weighted by Gasteiger charge is -2.25. The molecule has 1 unspecified atom stereocenters. The van der Waals surface area contributed by atoms with Crippen LogP contribution in [0.15, 0.2) is 83.7 Å². The average molecular weight is 454 g/mol. The lowest BCUT2D eigenvalue weighted by molar-refractivity contribution is 0.0730. The Kier molecular flexibility index (Phi) is 6.12. The Hall–Kier alpha value is -3.93. The third-order valence-corrected chi connectivity index (χ3v) is 6.49. The van der Waals surface area contributed by atoms with Gasteiger partial charge in [-0.15, -0.1) is 0 Å². The molecule has 4 aromatic rings. The SMILES string of the molecule is COc1cccc(CC2CCCN2C(=O)c2nn(Cc3ccccc3)c(=O)c3ccccc23)c1. The summed E-state index contributed by atoms with van der Waals surface area (Å²) in [6.45, 7) is 0.999. The molecule has 1 aromatic heterocycles. The highest BCUT2D eigenvalue weighted by Crippen LogP contribution is 2.26. The summed E-state index contributed by atoms with van der Waals surface area (Å²) in [5.41, 5.74) is 2.24. The van der Waals surface area contributed by atoms with Gasteiger partial charge in [-0.2, -0.15) is 5.10 Å². The molecule has 1 aliphatic heterocycles. The number of hydrogen-bond donors (Lipinski definition) is 0. The molecule has 1 saturated heterocycles. The molecule has 1 fully saturated rings. The van der Waals surface area contributed by atoms with Crippen molar-refractivity contribution < 1.29 is 9.53 Å². The van der Waals surface area contributed by atoms with Crippen LogP contribution in [0, 0.1) is 0 Å². The fourth-order valence-corrected chi connectivity index (χ4v) is 4.78. The standard InChI is InChI=1S/C28H27N3O3/c1-34-23-13-7-11-21(18-23)17-22-12-8-16-30(22)28(33)26-24-14-5-6-15-25(24)27(32)31(29-26)19-20-9-3-2-4-10-20/h2-7,9-11,13-15,18,22H,8,12,16-17,19H2,1H3. The summed E-state index contributed by atoms with van der Waals surface area (Å²) in [7, 11) is 1.66. The number of carbonyl (C=O) groups excluding carboxylic acids is 1. The van der Waals surface area contributed by atoms with Crippen LogP contribution in [0.3, 0.4) is 0 Å². The van der Waals surface area contributed by atoms with Gasteiger partial charge in [-0.1, -0.05) is 60.7 Å². The number of hydrogen-bond acceptors (Lipinski definition) is 4. The van der Waals surface area contributed by atoms with Gasteiger partial charge in [0.2, 0.25) is 0 Å². The average Bonchev–Trinajstić information content (AvgIpc) is 3.34. The van der Waals surface area contributed by atoms with E-state index in [0.717, 1.165) is 36.1 Å². The molecule has 2 heterocycles. The minimum Gasteiger partial charge on any atom is -0.497 e. The molecule has 0 aliphatic carbocycles. The van der Waals surface area contributed by atoms with Gasteiger partial charge in [0.25, 0.3) is 11.5 Å². The van der Waals surface area contributed by atoms with Crippen molar-refractivity contribution in [2.24, 2.45) is 0 Å². The first kappa shape index (κ1) is 21.9. The summed E-state index contributed by atoms with van der Waals surface area (Å²) in [5, 5.41) is 5.72. The van der Waals surface area contributed by atoms with Crippen molar-refractivity contribution in [3.63, 3.8) is 0 Å². The smallest absolute Gasteiger partial charge is 0.275 e. The number of carbonyl (C=O) groups is 1. The van der Waals surface area contributed by atoms with Crippen molar-refractivity contribution in [1.29, 1.82) is 0 Å². The minimum absolute atomic E-state index is 0.0784. The van der Waals surface area contributed by atoms with Gasteiger partial charge < -0.3 is 9.64 Å². The molecule has 34 heavy (non-hydrogen) atoms. The number of benzene rings is 3. The highest BCUT2D eigenvalue weighted by molar-refractivity contribution is 6.05. The number of methoxy groups -OCH3 is 1. The molecule has 6 nitrogen and oxygen atoms in total. The molecule has 1 atom stereocenters. The van der Waals surface area contributed by atoms with Gasteiger partial charge in [-0.05, 0) is 48.6 Å². The molecule has 172 valence electrons. The first-order chi connectivity index (χ1) is 16.6. The van der Waals surface area contributed by atoms with Gasteiger partial charge >= 0.3 is 0 Å². The summed E-state index contributed by atoms with van der Waals surface area (Å²) in [5.74, 6) is 0.692. The Bertz CT molecular complexity index is 1380. The van der Waals surface area contributed by atoms with E-state index in [1.54, 1.807) is 13.2 Å². The van der Waals surface area contributed by atoms with Crippen molar-refractivity contribution in [3.05, 3.63) is 106 Å². The Morgan fingerprint density at radius 1 is 0.971 bits per heavy atom. The van der Waals surface area contributed by atoms with Gasteiger partial charge in [0.15, 0.2) is 5.69 Å². The van der Waals surface area contributed by atoms with Gasteiger partial charge in [-0.25, -0.2) is 4.68 Å². The molecule has 0 N–H and O–H groups in total. The van der Waals surface area contributed by atoms with Crippen molar-refractivity contribution in [3.8, 4) is 5.75 Å². The van der Waals surface area contributed by atoms with Crippen molar-refractivity contribution in [1.82, 2.24) is 14.7 Å². The second kappa shape index (κ2) is 9.51. The summed E-state index contributed by atoms with van der Waals surface area (Å²) in [6.07, 6.45) is 2.64. The number of aromatic nitrogens is 2. The molecular formula is C28H27N3O3. The lowest BCUT2D eigenvalue weighted by atomic mass is 10.0. The van der Waals surface area contributed by atoms with Gasteiger partial charge in [-0.3, -0.25) is 9.59 Å². The van der Waals surface area contributed by atoms with Crippen LogP contribution in [-0.4, -0.2) is 40.3 Å². The van der Waals surface area contributed by atoms with E-state index in [2.05, 4.69) is 11.2 Å². The minimum atomic E-state index is -0.189. The van der Waals surface area contributed by atoms with E-state index in [9.17, 15) is 9.59 Å². The van der Waals surface area contributed by atoms with Gasteiger partial charge in [0, 0.05) is 18.0 Å². The van der Waals surface area contributed by atoms with E-state index >= 15 is 0 Å². The van der Waals surface area contributed by atoms with E-state index in [4.69, 9.17) is 4.74 Å². The Morgan fingerprint density at radius 2 is 1.71 bits per heavy atom. The molecule has 0 bridgehead atoms. The molecule has 0 radical (unpaired) electrons. The van der Waals surface area contributed by atoms with Crippen LogP contribution in [0.5, 0.6) is 5.75 Å². The predicted molar refractivity (Wildman–Crippen MR) is 132 cm³/mol. The Labute approximate surface area is 198 Å². The molecule has 5 rings (SSSR count). The monoisotopic (exact) mass is 453 g/mol. The molecule has 0 spiro atoms. The second-order valence-electron chi connectivity index (χ2n) is 8.69. The quantitative estimate of drug-likeness (QED) is 0.437. The number of rotatable bonds is 6. The predicted octanol–water partition coefficient (Wildman–Crippen LogP) is 4.30. The van der Waals surface area contributed by atoms with Crippen molar-refractivity contribution in [2.75, 3.05) is 13.7 Å². The highest BCUT2D eigenvalue weighted by Gasteiger charge is 2.32. The maximum absolute atomic E-state index is 13.8. The zero-order valence-corrected chi connectivity index (χ0v) is 19.2. The maximum atomic E-state index is 13.8. The number of nitrogens with zero attached hydrogens (tertiary/aromatic N) is 3. The summed E-state index contributed by atoms with van der Waals surface area (Å²) in [6, 6.07) is 25.0. The van der Waals surface area contributed by atoms with Crippen molar-refractivity contribution >= 4 is 16.7 Å². The van der Waals surface area contributed by atoms with E-state index in [1.165, 1.54) is 4.68 Å². The number of fused-ring (bicyclic) bond motifs is 1. The molecule has 1 amide bonds. The van der Waals surface area contributed by atoms with Crippen LogP contribution >= 0.6 is 0 Å². The van der Waals surface area contributed by atoms with Crippen LogP contribution in [-0.2, 0) is 13.0 Å². The van der Waals surface area contributed by atoms with Crippen LogP contribution in [0.4, 0.5) is 0 Å². The fraction of sp³-hybridized carbons (Fsp3) is 0.250. The summed E-state index contributed by atoms with van der Waals surface area (Å²) >= 11 is 0. The van der Waals surface area contributed by atoms with E-state index < -0.39 is 0 Å². The lowest BCUT2D eigenvalue weighted by Crippen LogP contribution is -2.39. The van der Waals surface area contributed by atoms with Crippen LogP contribution in [0.25, 0.3) is 10.8 Å². The molecule has 0 saturated carbocycles. The fourth-order valence-electron chi connectivity index (χ4n) is 4.78. The first-order valence-electron chi connectivity index (χ1n) is 11.6. The van der Waals surface area contributed by atoms with Crippen LogP contribution < -0.4 is 10.3 Å². The third-order valence-electron chi connectivity index (χ3n) is 6.49. The first-order valence-corrected chi connectivity index (χ1v) is 11.6. The number of likely N-dealkylation sites (tertiary alicyclic amines) is 1. The highest BCUT2D eigenvalue weighted by atomic mass is 16.5. The number of ether oxygens (including phenoxy) is 1. The molecule has 3 aromatic carbocycles. The summed E-state index contributed by atoms with van der Waals surface area (Å²) in [4.78, 5) is 28.9. The third kappa shape index (κ3) is 4.31. The second-order valence-corrected chi connectivity index (χ2v) is 8.69. The normalized spacial score (nSPS) is 15.6. The topological polar surface area (TPSA) is 64.4 Å². The van der Waals surface area contributed by atoms with Gasteiger partial charge in [0.05, 0.1) is 19.0 Å². The van der Waals surface area contributed by atoms with E-state index in [-0.39, 0.29) is 17.5 Å². The largest absolute Gasteiger partial charge is 0.497 e. The maximum Gasteiger partial charge on any atom is 0.275 e. The Morgan fingerprint density at radius 3 is 2.50 bits per heavy atom. The van der Waals surface area contributed by atoms with Crippen molar-refractivity contribution in [2.45, 2.75) is 31.8 Å². The van der Waals surface area contributed by atoms with E-state index in [1.807, 2.05) is 71.6 Å². The molecule has 6 heteroatoms. The molecular weight excluding hydrogens is 426 g/mol.